The first-order chi connectivity index (χ1) is 10.9. The molecule has 1 aliphatic rings. The Morgan fingerprint density at radius 1 is 1.00 bits per heavy atom. The highest BCUT2D eigenvalue weighted by atomic mass is 16.5. The lowest BCUT2D eigenvalue weighted by atomic mass is 10.1. The third-order valence-corrected chi connectivity index (χ3v) is 3.61. The van der Waals surface area contributed by atoms with Crippen LogP contribution < -0.4 is 10.1 Å². The van der Waals surface area contributed by atoms with E-state index < -0.39 is 0 Å². The topological polar surface area (TPSA) is 60.2 Å². The molecule has 0 unspecified atom stereocenters. The van der Waals surface area contributed by atoms with Crippen molar-refractivity contribution in [3.05, 3.63) is 54.6 Å². The van der Waals surface area contributed by atoms with Crippen molar-refractivity contribution in [2.75, 3.05) is 13.1 Å². The number of benzene rings is 2. The monoisotopic (exact) mass is 293 g/mol. The van der Waals surface area contributed by atoms with Gasteiger partial charge in [0.15, 0.2) is 0 Å². The summed E-state index contributed by atoms with van der Waals surface area (Å²) in [6.07, 6.45) is 0.206. The number of nitrogens with one attached hydrogen (secondary N) is 1. The lowest BCUT2D eigenvalue weighted by Crippen LogP contribution is -2.50. The zero-order chi connectivity index (χ0) is 14.8. The second-order valence-corrected chi connectivity index (χ2v) is 5.18. The Morgan fingerprint density at radius 2 is 1.77 bits per heavy atom. The predicted octanol–water partition coefficient (Wildman–Crippen LogP) is 2.75. The lowest BCUT2D eigenvalue weighted by Gasteiger charge is -2.28. The predicted molar refractivity (Wildman–Crippen MR) is 82.5 cm³/mol. The van der Waals surface area contributed by atoms with Gasteiger partial charge in [0.2, 0.25) is 5.82 Å². The Morgan fingerprint density at radius 3 is 2.55 bits per heavy atom. The van der Waals surface area contributed by atoms with Crippen molar-refractivity contribution in [1.82, 2.24) is 15.5 Å². The fourth-order valence-corrected chi connectivity index (χ4v) is 2.31. The molecule has 1 fully saturated rings. The van der Waals surface area contributed by atoms with Crippen LogP contribution in [0.2, 0.25) is 0 Å². The summed E-state index contributed by atoms with van der Waals surface area (Å²) in [4.78, 5) is 4.49. The maximum atomic E-state index is 5.96. The first kappa shape index (κ1) is 13.0. The first-order valence-corrected chi connectivity index (χ1v) is 7.26. The molecule has 5 heteroatoms. The largest absolute Gasteiger partial charge is 0.487 e. The highest BCUT2D eigenvalue weighted by Gasteiger charge is 2.21. The quantitative estimate of drug-likeness (QED) is 0.801. The van der Waals surface area contributed by atoms with Gasteiger partial charge in [-0.15, -0.1) is 0 Å². The average molecular weight is 293 g/mol. The average Bonchev–Trinajstić information content (AvgIpc) is 3.02. The number of hydrogen-bond donors (Lipinski definition) is 1. The SMILES string of the molecule is c1ccc(-c2noc(-c3ccccc3OC3CNC3)n2)cc1. The van der Waals surface area contributed by atoms with E-state index >= 15 is 0 Å². The molecule has 1 aliphatic heterocycles. The molecule has 0 spiro atoms. The van der Waals surface area contributed by atoms with Crippen LogP contribution in [0.4, 0.5) is 0 Å². The third kappa shape index (κ3) is 2.46. The number of nitrogens with zero attached hydrogens (tertiary/aromatic N) is 2. The molecule has 1 aromatic heterocycles. The van der Waals surface area contributed by atoms with E-state index in [4.69, 9.17) is 9.26 Å². The molecular weight excluding hydrogens is 278 g/mol. The fourth-order valence-electron chi connectivity index (χ4n) is 2.31. The molecule has 0 aliphatic carbocycles. The summed E-state index contributed by atoms with van der Waals surface area (Å²) in [6.45, 7) is 1.74. The van der Waals surface area contributed by atoms with E-state index in [-0.39, 0.29) is 6.10 Å². The van der Waals surface area contributed by atoms with Gasteiger partial charge in [-0.2, -0.15) is 4.98 Å². The summed E-state index contributed by atoms with van der Waals surface area (Å²) in [5.41, 5.74) is 1.75. The Kier molecular flexibility index (Phi) is 3.33. The smallest absolute Gasteiger partial charge is 0.262 e. The summed E-state index contributed by atoms with van der Waals surface area (Å²) < 4.78 is 11.4. The molecule has 0 saturated carbocycles. The van der Waals surface area contributed by atoms with Crippen LogP contribution in [0.5, 0.6) is 5.75 Å². The molecule has 0 bridgehead atoms. The summed E-state index contributed by atoms with van der Waals surface area (Å²) in [6, 6.07) is 17.5. The molecule has 1 N–H and O–H groups in total. The summed E-state index contributed by atoms with van der Waals surface area (Å²) in [5, 5.41) is 7.25. The molecule has 22 heavy (non-hydrogen) atoms. The minimum absolute atomic E-state index is 0.206. The van der Waals surface area contributed by atoms with Gasteiger partial charge in [0.25, 0.3) is 5.89 Å². The Bertz CT molecular complexity index is 766. The number of para-hydroxylation sites is 1. The van der Waals surface area contributed by atoms with Crippen LogP contribution in [0, 0.1) is 0 Å². The van der Waals surface area contributed by atoms with Gasteiger partial charge in [-0.3, -0.25) is 0 Å². The van der Waals surface area contributed by atoms with E-state index in [2.05, 4.69) is 15.5 Å². The third-order valence-electron chi connectivity index (χ3n) is 3.61. The lowest BCUT2D eigenvalue weighted by molar-refractivity contribution is 0.142. The van der Waals surface area contributed by atoms with E-state index in [1.165, 1.54) is 0 Å². The highest BCUT2D eigenvalue weighted by Crippen LogP contribution is 2.31. The molecule has 3 aromatic rings. The van der Waals surface area contributed by atoms with Gasteiger partial charge in [0, 0.05) is 18.7 Å². The molecule has 0 radical (unpaired) electrons. The van der Waals surface area contributed by atoms with E-state index in [1.807, 2.05) is 54.6 Å². The zero-order valence-corrected chi connectivity index (χ0v) is 11.9. The first-order valence-electron chi connectivity index (χ1n) is 7.26. The standard InChI is InChI=1S/C17H15N3O2/c1-2-6-12(7-3-1)16-19-17(22-20-16)14-8-4-5-9-15(14)21-13-10-18-11-13/h1-9,13,18H,10-11H2. The van der Waals surface area contributed by atoms with Crippen molar-refractivity contribution in [1.29, 1.82) is 0 Å². The van der Waals surface area contributed by atoms with Crippen LogP contribution >= 0.6 is 0 Å². The summed E-state index contributed by atoms with van der Waals surface area (Å²) in [5.74, 6) is 1.83. The van der Waals surface area contributed by atoms with Crippen molar-refractivity contribution < 1.29 is 9.26 Å². The van der Waals surface area contributed by atoms with Crippen molar-refractivity contribution in [3.63, 3.8) is 0 Å². The van der Waals surface area contributed by atoms with E-state index in [1.54, 1.807) is 0 Å². The molecule has 2 aromatic carbocycles. The van der Waals surface area contributed by atoms with Gasteiger partial charge in [-0.1, -0.05) is 47.6 Å². The molecular formula is C17H15N3O2. The minimum Gasteiger partial charge on any atom is -0.487 e. The van der Waals surface area contributed by atoms with E-state index in [0.717, 1.165) is 30.0 Å². The Hall–Kier alpha value is -2.66. The van der Waals surface area contributed by atoms with Crippen molar-refractivity contribution >= 4 is 0 Å². The second kappa shape index (κ2) is 5.61. The molecule has 4 rings (SSSR count). The van der Waals surface area contributed by atoms with Gasteiger partial charge >= 0.3 is 0 Å². The molecule has 1 saturated heterocycles. The van der Waals surface area contributed by atoms with Gasteiger partial charge in [0.05, 0.1) is 5.56 Å². The van der Waals surface area contributed by atoms with Crippen LogP contribution in [-0.2, 0) is 0 Å². The van der Waals surface area contributed by atoms with Crippen LogP contribution in [0.25, 0.3) is 22.8 Å². The van der Waals surface area contributed by atoms with Crippen molar-refractivity contribution in [3.8, 4) is 28.6 Å². The maximum absolute atomic E-state index is 5.96. The molecule has 0 amide bonds. The normalized spacial score (nSPS) is 14.5. The number of rotatable bonds is 4. The minimum atomic E-state index is 0.206. The van der Waals surface area contributed by atoms with Crippen molar-refractivity contribution in [2.45, 2.75) is 6.10 Å². The fraction of sp³-hybridized carbons (Fsp3) is 0.176. The van der Waals surface area contributed by atoms with Crippen molar-refractivity contribution in [2.24, 2.45) is 0 Å². The molecule has 5 nitrogen and oxygen atoms in total. The molecule has 110 valence electrons. The van der Waals surface area contributed by atoms with Gasteiger partial charge in [-0.25, -0.2) is 0 Å². The van der Waals surface area contributed by atoms with Crippen LogP contribution in [0.15, 0.2) is 59.1 Å². The van der Waals surface area contributed by atoms with Crippen LogP contribution in [0.3, 0.4) is 0 Å². The Balaban J connectivity index is 1.66. The number of aromatic nitrogens is 2. The second-order valence-electron chi connectivity index (χ2n) is 5.18. The van der Waals surface area contributed by atoms with Gasteiger partial charge in [-0.05, 0) is 12.1 Å². The Labute approximate surface area is 127 Å². The number of hydrogen-bond acceptors (Lipinski definition) is 5. The van der Waals surface area contributed by atoms with Crippen LogP contribution in [0.1, 0.15) is 0 Å². The number of ether oxygens (including phenoxy) is 1. The molecule has 0 atom stereocenters. The maximum Gasteiger partial charge on any atom is 0.262 e. The van der Waals surface area contributed by atoms with Crippen LogP contribution in [-0.4, -0.2) is 29.3 Å². The highest BCUT2D eigenvalue weighted by molar-refractivity contribution is 5.65. The van der Waals surface area contributed by atoms with Gasteiger partial charge < -0.3 is 14.6 Å². The summed E-state index contributed by atoms with van der Waals surface area (Å²) in [7, 11) is 0. The molecule has 2 heterocycles. The van der Waals surface area contributed by atoms with E-state index in [9.17, 15) is 0 Å². The summed E-state index contributed by atoms with van der Waals surface area (Å²) >= 11 is 0. The van der Waals surface area contributed by atoms with E-state index in [0.29, 0.717) is 11.7 Å². The zero-order valence-electron chi connectivity index (χ0n) is 11.9. The van der Waals surface area contributed by atoms with Gasteiger partial charge in [0.1, 0.15) is 11.9 Å².